The number of rotatable bonds is 7. The van der Waals surface area contributed by atoms with Crippen molar-refractivity contribution in [3.8, 4) is 5.75 Å². The lowest BCUT2D eigenvalue weighted by Crippen LogP contribution is -3.16. The first-order valence-corrected chi connectivity index (χ1v) is 13.2. The maximum Gasteiger partial charge on any atom is 0.137 e. The zero-order chi connectivity index (χ0) is 22.3. The lowest BCUT2D eigenvalue weighted by Gasteiger charge is -2.57. The Kier molecular flexibility index (Phi) is 5.83. The monoisotopic (exact) mass is 447 g/mol. The van der Waals surface area contributed by atoms with E-state index in [0.29, 0.717) is 12.0 Å². The van der Waals surface area contributed by atoms with Gasteiger partial charge in [0.25, 0.3) is 0 Å². The van der Waals surface area contributed by atoms with Gasteiger partial charge in [0, 0.05) is 5.69 Å². The molecule has 4 nitrogen and oxygen atoms in total. The Hall–Kier alpha value is -2.04. The minimum atomic E-state index is -0.425. The van der Waals surface area contributed by atoms with Crippen LogP contribution in [0.2, 0.25) is 0 Å². The van der Waals surface area contributed by atoms with Gasteiger partial charge in [-0.25, -0.2) is 0 Å². The second kappa shape index (κ2) is 8.96. The molecular formula is C29H39N2O2+. The molecule has 7 rings (SSSR count). The van der Waals surface area contributed by atoms with E-state index in [-0.39, 0.29) is 0 Å². The minimum absolute atomic E-state index is 0.378. The first-order valence-electron chi connectivity index (χ1n) is 13.2. The van der Waals surface area contributed by atoms with Crippen LogP contribution in [0.15, 0.2) is 54.6 Å². The first kappa shape index (κ1) is 21.5. The predicted octanol–water partition coefficient (Wildman–Crippen LogP) is 3.30. The van der Waals surface area contributed by atoms with E-state index in [1.54, 1.807) is 0 Å². The van der Waals surface area contributed by atoms with Crippen molar-refractivity contribution in [1.82, 2.24) is 0 Å². The number of aliphatic hydroxyl groups excluding tert-OH is 1. The minimum Gasteiger partial charge on any atom is -0.491 e. The van der Waals surface area contributed by atoms with Crippen molar-refractivity contribution in [3.63, 3.8) is 0 Å². The number of hydrogen-bond donors (Lipinski definition) is 2. The van der Waals surface area contributed by atoms with Gasteiger partial charge in [-0.3, -0.25) is 0 Å². The number of anilines is 1. The van der Waals surface area contributed by atoms with E-state index in [1.807, 2.05) is 0 Å². The van der Waals surface area contributed by atoms with Crippen LogP contribution in [0.3, 0.4) is 0 Å². The van der Waals surface area contributed by atoms with Gasteiger partial charge in [0.15, 0.2) is 0 Å². The van der Waals surface area contributed by atoms with Gasteiger partial charge in [-0.15, -0.1) is 0 Å². The van der Waals surface area contributed by atoms with E-state index in [0.717, 1.165) is 56.2 Å². The molecule has 4 aliphatic carbocycles. The van der Waals surface area contributed by atoms with Crippen LogP contribution in [-0.4, -0.2) is 50.5 Å². The average Bonchev–Trinajstić information content (AvgIpc) is 2.83. The van der Waals surface area contributed by atoms with Crippen LogP contribution < -0.4 is 14.5 Å². The number of benzene rings is 2. The summed E-state index contributed by atoms with van der Waals surface area (Å²) in [6.07, 6.45) is 8.24. The molecule has 5 aliphatic rings. The fourth-order valence-electron chi connectivity index (χ4n) is 7.88. The molecule has 2 aromatic rings. The summed E-state index contributed by atoms with van der Waals surface area (Å²) in [7, 11) is 0. The van der Waals surface area contributed by atoms with Crippen LogP contribution in [0.25, 0.3) is 0 Å². The number of nitrogens with zero attached hydrogens (tertiary/aromatic N) is 1. The fraction of sp³-hybridized carbons (Fsp3) is 0.586. The van der Waals surface area contributed by atoms with E-state index in [9.17, 15) is 5.11 Å². The van der Waals surface area contributed by atoms with Crippen molar-refractivity contribution in [1.29, 1.82) is 0 Å². The second-order valence-corrected chi connectivity index (χ2v) is 11.5. The molecule has 4 saturated carbocycles. The molecule has 5 fully saturated rings. The van der Waals surface area contributed by atoms with Crippen molar-refractivity contribution in [2.75, 3.05) is 44.2 Å². The average molecular weight is 448 g/mol. The quantitative estimate of drug-likeness (QED) is 0.684. The van der Waals surface area contributed by atoms with Gasteiger partial charge in [0.2, 0.25) is 0 Å². The zero-order valence-corrected chi connectivity index (χ0v) is 19.8. The molecular weight excluding hydrogens is 408 g/mol. The van der Waals surface area contributed by atoms with E-state index < -0.39 is 6.10 Å². The molecule has 33 heavy (non-hydrogen) atoms. The smallest absolute Gasteiger partial charge is 0.137 e. The van der Waals surface area contributed by atoms with Gasteiger partial charge in [-0.2, -0.15) is 0 Å². The molecule has 2 N–H and O–H groups in total. The van der Waals surface area contributed by atoms with Gasteiger partial charge >= 0.3 is 0 Å². The Bertz CT molecular complexity index is 885. The van der Waals surface area contributed by atoms with Crippen LogP contribution in [0.1, 0.15) is 44.1 Å². The Morgan fingerprint density at radius 3 is 2.09 bits per heavy atom. The highest BCUT2D eigenvalue weighted by molar-refractivity contribution is 5.46. The zero-order valence-electron chi connectivity index (χ0n) is 19.8. The standard InChI is InChI=1S/C29H38N2O2/c32-27(20-30-10-12-31(13-11-30)26-4-2-1-3-5-26)21-33-28-8-6-25(7-9-28)29-17-22-14-23(18-29)16-24(15-22)19-29/h1-9,22-24,27,32H,10-21H2/p+1/t22?,23?,24?,27-,29?/m0/s1. The molecule has 4 heteroatoms. The molecule has 1 atom stereocenters. The van der Waals surface area contributed by atoms with E-state index in [1.165, 1.54) is 54.7 Å². The highest BCUT2D eigenvalue weighted by atomic mass is 16.5. The summed E-state index contributed by atoms with van der Waals surface area (Å²) in [5, 5.41) is 10.6. The van der Waals surface area contributed by atoms with Gasteiger partial charge in [0.05, 0.1) is 26.2 Å². The van der Waals surface area contributed by atoms with E-state index >= 15 is 0 Å². The first-order chi connectivity index (χ1) is 16.1. The topological polar surface area (TPSA) is 37.1 Å². The molecule has 0 amide bonds. The largest absolute Gasteiger partial charge is 0.491 e. The summed E-state index contributed by atoms with van der Waals surface area (Å²) in [6.45, 7) is 5.34. The summed E-state index contributed by atoms with van der Waals surface area (Å²) in [5.74, 6) is 3.81. The van der Waals surface area contributed by atoms with Crippen molar-refractivity contribution in [2.24, 2.45) is 17.8 Å². The van der Waals surface area contributed by atoms with Crippen LogP contribution in [-0.2, 0) is 5.41 Å². The molecule has 0 unspecified atom stereocenters. The summed E-state index contributed by atoms with van der Waals surface area (Å²) < 4.78 is 6.00. The van der Waals surface area contributed by atoms with Gasteiger partial charge in [0.1, 0.15) is 25.0 Å². The van der Waals surface area contributed by atoms with Crippen molar-refractivity contribution in [2.45, 2.75) is 50.0 Å². The molecule has 0 spiro atoms. The van der Waals surface area contributed by atoms with Gasteiger partial charge in [-0.1, -0.05) is 30.3 Å². The Labute approximate surface area is 198 Å². The lowest BCUT2D eigenvalue weighted by molar-refractivity contribution is -0.903. The Morgan fingerprint density at radius 2 is 1.48 bits per heavy atom. The SMILES string of the molecule is O[C@H](COc1ccc(C23CC4CC(CC(C4)C2)C3)cc1)C[NH+]1CCN(c2ccccc2)CC1. The molecule has 176 valence electrons. The lowest BCUT2D eigenvalue weighted by atomic mass is 9.48. The highest BCUT2D eigenvalue weighted by Gasteiger charge is 2.51. The molecule has 0 aromatic heterocycles. The van der Waals surface area contributed by atoms with Gasteiger partial charge < -0.3 is 19.6 Å². The van der Waals surface area contributed by atoms with Crippen molar-refractivity contribution >= 4 is 5.69 Å². The summed E-state index contributed by atoms with van der Waals surface area (Å²) in [4.78, 5) is 3.91. The number of piperazine rings is 1. The van der Waals surface area contributed by atoms with Gasteiger partial charge in [-0.05, 0) is 91.5 Å². The number of aliphatic hydroxyl groups is 1. The van der Waals surface area contributed by atoms with Crippen LogP contribution in [0.4, 0.5) is 5.69 Å². The van der Waals surface area contributed by atoms with Crippen molar-refractivity contribution in [3.05, 3.63) is 60.2 Å². The third kappa shape index (κ3) is 4.52. The molecule has 1 heterocycles. The maximum atomic E-state index is 10.6. The molecule has 1 saturated heterocycles. The number of nitrogens with one attached hydrogen (secondary N) is 1. The summed E-state index contributed by atoms with van der Waals surface area (Å²) in [6, 6.07) is 19.6. The molecule has 4 bridgehead atoms. The van der Waals surface area contributed by atoms with Crippen LogP contribution in [0, 0.1) is 17.8 Å². The van der Waals surface area contributed by atoms with Crippen LogP contribution in [0.5, 0.6) is 5.75 Å². The summed E-state index contributed by atoms with van der Waals surface area (Å²) >= 11 is 0. The number of hydrogen-bond acceptors (Lipinski definition) is 3. The third-order valence-corrected chi connectivity index (χ3v) is 9.06. The Morgan fingerprint density at radius 1 is 0.879 bits per heavy atom. The number of ether oxygens (including phenoxy) is 1. The molecule has 2 aromatic carbocycles. The maximum absolute atomic E-state index is 10.6. The molecule has 0 radical (unpaired) electrons. The summed E-state index contributed by atoms with van der Waals surface area (Å²) in [5.41, 5.74) is 3.28. The Balaban J connectivity index is 0.980. The second-order valence-electron chi connectivity index (χ2n) is 11.5. The normalized spacial score (nSPS) is 32.2. The predicted molar refractivity (Wildman–Crippen MR) is 132 cm³/mol. The third-order valence-electron chi connectivity index (χ3n) is 9.06. The molecule has 1 aliphatic heterocycles. The number of quaternary nitrogens is 1. The van der Waals surface area contributed by atoms with Crippen LogP contribution >= 0.6 is 0 Å². The van der Waals surface area contributed by atoms with E-state index in [2.05, 4.69) is 59.5 Å². The number of para-hydroxylation sites is 1. The van der Waals surface area contributed by atoms with E-state index in [4.69, 9.17) is 4.74 Å². The fourth-order valence-corrected chi connectivity index (χ4v) is 7.88. The highest BCUT2D eigenvalue weighted by Crippen LogP contribution is 2.60. The van der Waals surface area contributed by atoms with Crippen molar-refractivity contribution < 1.29 is 14.7 Å².